The standard InChI is InChI=1S/C21H23N3O4S2/c1-14(2)28-17-7-5-15(6-8-17)22-21(25)18-12-19(20-4-3-10-29-20)24(23-18)16-9-11-30(26,27)13-16/h3-8,10,12,14,16H,9,11,13H2,1-2H3,(H,22,25)/t16-/m1/s1. The molecule has 1 amide bonds. The molecule has 3 aromatic rings. The number of nitrogens with zero attached hydrogens (tertiary/aromatic N) is 2. The summed E-state index contributed by atoms with van der Waals surface area (Å²) in [6.45, 7) is 3.90. The number of aromatic nitrogens is 2. The lowest BCUT2D eigenvalue weighted by molar-refractivity contribution is 0.102. The van der Waals surface area contributed by atoms with Gasteiger partial charge in [0.15, 0.2) is 15.5 Å². The molecule has 7 nitrogen and oxygen atoms in total. The number of carbonyl (C=O) groups is 1. The van der Waals surface area contributed by atoms with Gasteiger partial charge in [-0.15, -0.1) is 11.3 Å². The molecular formula is C21H23N3O4S2. The molecule has 1 atom stereocenters. The maximum Gasteiger partial charge on any atom is 0.276 e. The first-order valence-corrected chi connectivity index (χ1v) is 12.4. The molecule has 1 aliphatic heterocycles. The average Bonchev–Trinajstić information content (AvgIpc) is 3.41. The van der Waals surface area contributed by atoms with Crippen molar-refractivity contribution in [3.05, 3.63) is 53.5 Å². The molecule has 0 saturated carbocycles. The molecule has 1 N–H and O–H groups in total. The molecule has 1 aliphatic rings. The lowest BCUT2D eigenvalue weighted by atomic mass is 10.2. The van der Waals surface area contributed by atoms with E-state index in [4.69, 9.17) is 4.74 Å². The number of hydrogen-bond donors (Lipinski definition) is 1. The minimum Gasteiger partial charge on any atom is -0.491 e. The van der Waals surface area contributed by atoms with E-state index in [1.165, 1.54) is 11.3 Å². The second-order valence-electron chi connectivity index (χ2n) is 7.54. The third-order valence-corrected chi connectivity index (χ3v) is 7.42. The molecule has 2 aromatic heterocycles. The number of sulfone groups is 1. The van der Waals surface area contributed by atoms with Crippen molar-refractivity contribution in [3.63, 3.8) is 0 Å². The summed E-state index contributed by atoms with van der Waals surface area (Å²) in [7, 11) is -3.07. The molecule has 0 aliphatic carbocycles. The Morgan fingerprint density at radius 2 is 2.03 bits per heavy atom. The van der Waals surface area contributed by atoms with E-state index in [-0.39, 0.29) is 35.3 Å². The van der Waals surface area contributed by atoms with Gasteiger partial charge in [-0.1, -0.05) is 6.07 Å². The topological polar surface area (TPSA) is 90.3 Å². The van der Waals surface area contributed by atoms with Crippen LogP contribution in [0.25, 0.3) is 10.6 Å². The van der Waals surface area contributed by atoms with Gasteiger partial charge in [0.25, 0.3) is 5.91 Å². The summed E-state index contributed by atoms with van der Waals surface area (Å²) in [5, 5.41) is 9.28. The van der Waals surface area contributed by atoms with Crippen LogP contribution in [0, 0.1) is 0 Å². The van der Waals surface area contributed by atoms with E-state index < -0.39 is 9.84 Å². The number of carbonyl (C=O) groups excluding carboxylic acids is 1. The summed E-state index contributed by atoms with van der Waals surface area (Å²) >= 11 is 1.53. The maximum absolute atomic E-state index is 12.8. The third-order valence-electron chi connectivity index (χ3n) is 4.78. The van der Waals surface area contributed by atoms with Crippen LogP contribution in [0.3, 0.4) is 0 Å². The molecule has 1 aromatic carbocycles. The summed E-state index contributed by atoms with van der Waals surface area (Å²) in [5.74, 6) is 0.582. The summed E-state index contributed by atoms with van der Waals surface area (Å²) < 4.78 is 31.2. The van der Waals surface area contributed by atoms with Gasteiger partial charge >= 0.3 is 0 Å². The molecule has 1 fully saturated rings. The van der Waals surface area contributed by atoms with Crippen LogP contribution < -0.4 is 10.1 Å². The highest BCUT2D eigenvalue weighted by Crippen LogP contribution is 2.32. The summed E-state index contributed by atoms with van der Waals surface area (Å²) in [5.41, 5.74) is 1.65. The van der Waals surface area contributed by atoms with Gasteiger partial charge in [-0.05, 0) is 62.0 Å². The minimum absolute atomic E-state index is 0.0471. The molecule has 4 rings (SSSR count). The van der Waals surface area contributed by atoms with Crippen LogP contribution in [-0.2, 0) is 9.84 Å². The van der Waals surface area contributed by atoms with Crippen molar-refractivity contribution in [1.29, 1.82) is 0 Å². The van der Waals surface area contributed by atoms with Crippen molar-refractivity contribution in [2.24, 2.45) is 0 Å². The summed E-state index contributed by atoms with van der Waals surface area (Å²) in [4.78, 5) is 13.8. The quantitative estimate of drug-likeness (QED) is 0.619. The molecule has 30 heavy (non-hydrogen) atoms. The summed E-state index contributed by atoms with van der Waals surface area (Å²) in [6, 6.07) is 12.5. The Morgan fingerprint density at radius 3 is 2.63 bits per heavy atom. The van der Waals surface area contributed by atoms with Gasteiger partial charge < -0.3 is 10.1 Å². The average molecular weight is 446 g/mol. The van der Waals surface area contributed by atoms with Gasteiger partial charge in [0.2, 0.25) is 0 Å². The first-order chi connectivity index (χ1) is 14.3. The number of hydrogen-bond acceptors (Lipinski definition) is 6. The Balaban J connectivity index is 1.58. The molecule has 3 heterocycles. The molecule has 9 heteroatoms. The fraction of sp³-hybridized carbons (Fsp3) is 0.333. The van der Waals surface area contributed by atoms with Gasteiger partial charge in [-0.25, -0.2) is 8.42 Å². The van der Waals surface area contributed by atoms with Crippen molar-refractivity contribution in [2.75, 3.05) is 16.8 Å². The lowest BCUT2D eigenvalue weighted by Gasteiger charge is -2.12. The molecule has 0 bridgehead atoms. The Labute approximate surface area is 179 Å². The van der Waals surface area contributed by atoms with Gasteiger partial charge in [-0.2, -0.15) is 5.10 Å². The van der Waals surface area contributed by atoms with E-state index in [1.807, 2.05) is 31.4 Å². The Kier molecular flexibility index (Phi) is 5.66. The predicted molar refractivity (Wildman–Crippen MR) is 118 cm³/mol. The van der Waals surface area contributed by atoms with Crippen molar-refractivity contribution in [1.82, 2.24) is 9.78 Å². The fourth-order valence-electron chi connectivity index (χ4n) is 3.44. The second-order valence-corrected chi connectivity index (χ2v) is 10.7. The third kappa shape index (κ3) is 4.57. The predicted octanol–water partition coefficient (Wildman–Crippen LogP) is 4.01. The Morgan fingerprint density at radius 1 is 1.27 bits per heavy atom. The van der Waals surface area contributed by atoms with Crippen molar-refractivity contribution < 1.29 is 17.9 Å². The highest BCUT2D eigenvalue weighted by atomic mass is 32.2. The van der Waals surface area contributed by atoms with Gasteiger partial charge in [0, 0.05) is 5.69 Å². The van der Waals surface area contributed by atoms with Gasteiger partial charge in [0.05, 0.1) is 34.2 Å². The maximum atomic E-state index is 12.8. The monoisotopic (exact) mass is 445 g/mol. The fourth-order valence-corrected chi connectivity index (χ4v) is 5.87. The van der Waals surface area contributed by atoms with E-state index in [9.17, 15) is 13.2 Å². The molecule has 0 spiro atoms. The minimum atomic E-state index is -3.07. The number of nitrogens with one attached hydrogen (secondary N) is 1. The van der Waals surface area contributed by atoms with Crippen LogP contribution in [-0.4, -0.2) is 41.7 Å². The van der Waals surface area contributed by atoms with E-state index >= 15 is 0 Å². The number of benzene rings is 1. The second kappa shape index (κ2) is 8.23. The highest BCUT2D eigenvalue weighted by molar-refractivity contribution is 7.91. The van der Waals surface area contributed by atoms with E-state index in [0.717, 1.165) is 16.3 Å². The van der Waals surface area contributed by atoms with Crippen LogP contribution in [0.1, 0.15) is 36.8 Å². The Hall–Kier alpha value is -2.65. The van der Waals surface area contributed by atoms with Crippen LogP contribution in [0.2, 0.25) is 0 Å². The smallest absolute Gasteiger partial charge is 0.276 e. The molecule has 0 unspecified atom stereocenters. The SMILES string of the molecule is CC(C)Oc1ccc(NC(=O)c2cc(-c3cccs3)n([C@@H]3CCS(=O)(=O)C3)n2)cc1. The van der Waals surface area contributed by atoms with Gasteiger partial charge in [-0.3, -0.25) is 9.48 Å². The number of anilines is 1. The Bertz CT molecular complexity index is 1130. The van der Waals surface area contributed by atoms with Crippen LogP contribution >= 0.6 is 11.3 Å². The normalized spacial score (nSPS) is 17.9. The first kappa shape index (κ1) is 20.6. The zero-order valence-electron chi connectivity index (χ0n) is 16.7. The van der Waals surface area contributed by atoms with E-state index in [1.54, 1.807) is 35.0 Å². The van der Waals surface area contributed by atoms with Crippen molar-refractivity contribution in [3.8, 4) is 16.3 Å². The van der Waals surface area contributed by atoms with Crippen LogP contribution in [0.4, 0.5) is 5.69 Å². The molecule has 1 saturated heterocycles. The number of amides is 1. The van der Waals surface area contributed by atoms with Crippen molar-refractivity contribution in [2.45, 2.75) is 32.4 Å². The van der Waals surface area contributed by atoms with E-state index in [0.29, 0.717) is 12.1 Å². The zero-order valence-corrected chi connectivity index (χ0v) is 18.4. The molecule has 0 radical (unpaired) electrons. The summed E-state index contributed by atoms with van der Waals surface area (Å²) in [6.07, 6.45) is 0.574. The number of ether oxygens (including phenoxy) is 1. The van der Waals surface area contributed by atoms with Crippen LogP contribution in [0.15, 0.2) is 47.8 Å². The number of rotatable bonds is 6. The van der Waals surface area contributed by atoms with E-state index in [2.05, 4.69) is 10.4 Å². The lowest BCUT2D eigenvalue weighted by Crippen LogP contribution is -2.16. The molecule has 158 valence electrons. The van der Waals surface area contributed by atoms with Crippen LogP contribution in [0.5, 0.6) is 5.75 Å². The van der Waals surface area contributed by atoms with Gasteiger partial charge in [0.1, 0.15) is 5.75 Å². The number of thiophene rings is 1. The largest absolute Gasteiger partial charge is 0.491 e. The molecular weight excluding hydrogens is 422 g/mol. The van der Waals surface area contributed by atoms with Crippen molar-refractivity contribution >= 4 is 32.8 Å². The highest BCUT2D eigenvalue weighted by Gasteiger charge is 2.32. The first-order valence-electron chi connectivity index (χ1n) is 9.73. The zero-order chi connectivity index (χ0) is 21.3.